The number of fused-ring (bicyclic) bond motifs is 1. The zero-order valence-corrected chi connectivity index (χ0v) is 14.6. The van der Waals surface area contributed by atoms with Gasteiger partial charge in [0.15, 0.2) is 0 Å². The van der Waals surface area contributed by atoms with E-state index in [1.165, 1.54) is 11.1 Å². The molecule has 1 heterocycles. The topological polar surface area (TPSA) is 46.3 Å². The van der Waals surface area contributed by atoms with Gasteiger partial charge in [-0.15, -0.1) is 0 Å². The summed E-state index contributed by atoms with van der Waals surface area (Å²) in [6, 6.07) is 8.38. The third kappa shape index (κ3) is 3.33. The van der Waals surface area contributed by atoms with Crippen LogP contribution in [0.25, 0.3) is 0 Å². The number of allylic oxidation sites excluding steroid dienone is 2. The first-order chi connectivity index (χ1) is 10.5. The Morgan fingerprint density at radius 2 is 2.14 bits per heavy atom. The van der Waals surface area contributed by atoms with Gasteiger partial charge in [0.1, 0.15) is 0 Å². The van der Waals surface area contributed by atoms with E-state index in [-0.39, 0.29) is 11.9 Å². The zero-order valence-electron chi connectivity index (χ0n) is 13.0. The first kappa shape index (κ1) is 16.6. The van der Waals surface area contributed by atoms with Crippen LogP contribution in [0, 0.1) is 0 Å². The van der Waals surface area contributed by atoms with Crippen LogP contribution < -0.4 is 5.73 Å². The van der Waals surface area contributed by atoms with Crippen LogP contribution in [0.4, 0.5) is 0 Å². The molecular formula is C18H21BrN2O. The van der Waals surface area contributed by atoms with Crippen molar-refractivity contribution >= 4 is 21.8 Å². The van der Waals surface area contributed by atoms with Crippen LogP contribution in [0.2, 0.25) is 0 Å². The lowest BCUT2D eigenvalue weighted by Gasteiger charge is -2.35. The quantitative estimate of drug-likeness (QED) is 0.657. The van der Waals surface area contributed by atoms with Crippen LogP contribution in [0.1, 0.15) is 31.0 Å². The number of carbonyl (C=O) groups excluding carboxylic acids is 1. The van der Waals surface area contributed by atoms with E-state index in [4.69, 9.17) is 5.73 Å². The Morgan fingerprint density at radius 3 is 2.77 bits per heavy atom. The Kier molecular flexibility index (Phi) is 5.24. The molecule has 0 unspecified atom stereocenters. The highest BCUT2D eigenvalue weighted by Crippen LogP contribution is 2.30. The van der Waals surface area contributed by atoms with Gasteiger partial charge in [-0.05, 0) is 53.4 Å². The number of carbonyl (C=O) groups is 1. The fraction of sp³-hybridized carbons (Fsp3) is 0.278. The largest absolute Gasteiger partial charge is 0.398 e. The number of benzene rings is 1. The average molecular weight is 361 g/mol. The summed E-state index contributed by atoms with van der Waals surface area (Å²) in [6.07, 6.45) is 4.43. The molecule has 1 aliphatic rings. The first-order valence-corrected chi connectivity index (χ1v) is 8.12. The maximum Gasteiger partial charge on any atom is 0.254 e. The molecule has 3 nitrogen and oxygen atoms in total. The number of hydrogen-bond acceptors (Lipinski definition) is 2. The number of amides is 1. The molecule has 1 aliphatic heterocycles. The summed E-state index contributed by atoms with van der Waals surface area (Å²) >= 11 is 3.34. The Hall–Kier alpha value is -1.81. The van der Waals surface area contributed by atoms with Gasteiger partial charge < -0.3 is 10.6 Å². The zero-order chi connectivity index (χ0) is 16.3. The highest BCUT2D eigenvalue weighted by molar-refractivity contribution is 9.12. The molecule has 116 valence electrons. The van der Waals surface area contributed by atoms with Crippen molar-refractivity contribution in [3.63, 3.8) is 0 Å². The summed E-state index contributed by atoms with van der Waals surface area (Å²) in [7, 11) is 0. The molecule has 0 aliphatic carbocycles. The molecule has 0 bridgehead atoms. The minimum absolute atomic E-state index is 0.0164. The van der Waals surface area contributed by atoms with Crippen LogP contribution in [-0.4, -0.2) is 17.4 Å². The van der Waals surface area contributed by atoms with Crippen molar-refractivity contribution in [2.75, 3.05) is 6.54 Å². The molecule has 0 radical (unpaired) electrons. The summed E-state index contributed by atoms with van der Waals surface area (Å²) in [6.45, 7) is 8.32. The smallest absolute Gasteiger partial charge is 0.254 e. The summed E-state index contributed by atoms with van der Waals surface area (Å²) in [4.78, 5) is 14.7. The van der Waals surface area contributed by atoms with Gasteiger partial charge in [-0.3, -0.25) is 4.79 Å². The van der Waals surface area contributed by atoms with E-state index in [1.807, 2.05) is 24.0 Å². The van der Waals surface area contributed by atoms with E-state index >= 15 is 0 Å². The van der Waals surface area contributed by atoms with Gasteiger partial charge in [-0.2, -0.15) is 0 Å². The Bertz CT molecular complexity index is 661. The van der Waals surface area contributed by atoms with Crippen LogP contribution in [0.3, 0.4) is 0 Å². The standard InChI is InChI=1S/C18H21BrN2O/c1-4-14(11-17(19)12(2)20)18(22)21-10-9-15-7-5-6-8-16(15)13(21)3/h4-8,11,13H,2,9-10,20H2,1,3H3/b14-4+,17-11+/t13-/m1/s1. The normalized spacial score (nSPS) is 18.9. The lowest BCUT2D eigenvalue weighted by atomic mass is 9.93. The van der Waals surface area contributed by atoms with Gasteiger partial charge in [0, 0.05) is 22.3 Å². The van der Waals surface area contributed by atoms with Gasteiger partial charge in [0.2, 0.25) is 0 Å². The maximum absolute atomic E-state index is 12.8. The summed E-state index contributed by atoms with van der Waals surface area (Å²) in [5.74, 6) is 0.0164. The van der Waals surface area contributed by atoms with Crippen LogP contribution >= 0.6 is 15.9 Å². The van der Waals surface area contributed by atoms with Gasteiger partial charge >= 0.3 is 0 Å². The van der Waals surface area contributed by atoms with E-state index in [1.54, 1.807) is 12.2 Å². The SMILES string of the molecule is C=C(N)/C(Br)=C\C(=C/C)C(=O)N1CCc2ccccc2[C@H]1C. The molecular weight excluding hydrogens is 340 g/mol. The van der Waals surface area contributed by atoms with Crippen molar-refractivity contribution < 1.29 is 4.79 Å². The molecule has 2 rings (SSSR count). The highest BCUT2D eigenvalue weighted by atomic mass is 79.9. The number of rotatable bonds is 3. The monoisotopic (exact) mass is 360 g/mol. The molecule has 1 amide bonds. The van der Waals surface area contributed by atoms with E-state index < -0.39 is 0 Å². The molecule has 22 heavy (non-hydrogen) atoms. The van der Waals surface area contributed by atoms with Crippen molar-refractivity contribution in [3.8, 4) is 0 Å². The molecule has 1 atom stereocenters. The van der Waals surface area contributed by atoms with Gasteiger partial charge in [0.25, 0.3) is 5.91 Å². The van der Waals surface area contributed by atoms with Gasteiger partial charge in [0.05, 0.1) is 6.04 Å². The predicted octanol–water partition coefficient (Wildman–Crippen LogP) is 3.83. The second-order valence-electron chi connectivity index (χ2n) is 5.38. The van der Waals surface area contributed by atoms with Crippen molar-refractivity contribution in [3.05, 3.63) is 69.9 Å². The average Bonchev–Trinajstić information content (AvgIpc) is 2.52. The number of halogens is 1. The van der Waals surface area contributed by atoms with E-state index in [0.29, 0.717) is 15.8 Å². The second-order valence-corrected chi connectivity index (χ2v) is 6.24. The van der Waals surface area contributed by atoms with Crippen LogP contribution in [0.15, 0.2) is 58.7 Å². The molecule has 0 saturated carbocycles. The summed E-state index contributed by atoms with van der Waals surface area (Å²) in [5, 5.41) is 0. The fourth-order valence-electron chi connectivity index (χ4n) is 2.71. The van der Waals surface area contributed by atoms with Crippen molar-refractivity contribution in [1.82, 2.24) is 4.90 Å². The molecule has 1 aromatic carbocycles. The number of nitrogens with two attached hydrogens (primary N) is 1. The Labute approximate surface area is 140 Å². The minimum atomic E-state index is 0.0164. The van der Waals surface area contributed by atoms with E-state index in [0.717, 1.165) is 13.0 Å². The molecule has 2 N–H and O–H groups in total. The van der Waals surface area contributed by atoms with Crippen molar-refractivity contribution in [2.45, 2.75) is 26.3 Å². The van der Waals surface area contributed by atoms with E-state index in [2.05, 4.69) is 41.6 Å². The molecule has 1 aromatic rings. The second kappa shape index (κ2) is 6.97. The predicted molar refractivity (Wildman–Crippen MR) is 94.4 cm³/mol. The number of nitrogens with zero attached hydrogens (tertiary/aromatic N) is 1. The van der Waals surface area contributed by atoms with Crippen molar-refractivity contribution in [2.24, 2.45) is 5.73 Å². The first-order valence-electron chi connectivity index (χ1n) is 7.32. The lowest BCUT2D eigenvalue weighted by molar-refractivity contribution is -0.129. The van der Waals surface area contributed by atoms with Gasteiger partial charge in [-0.1, -0.05) is 36.9 Å². The third-order valence-electron chi connectivity index (χ3n) is 4.00. The molecule has 4 heteroatoms. The third-order valence-corrected chi connectivity index (χ3v) is 4.74. The van der Waals surface area contributed by atoms with Crippen LogP contribution in [-0.2, 0) is 11.2 Å². The Balaban J connectivity index is 2.27. The molecule has 0 saturated heterocycles. The number of hydrogen-bond donors (Lipinski definition) is 1. The maximum atomic E-state index is 12.8. The van der Waals surface area contributed by atoms with E-state index in [9.17, 15) is 4.79 Å². The Morgan fingerprint density at radius 1 is 1.45 bits per heavy atom. The summed E-state index contributed by atoms with van der Waals surface area (Å²) in [5.41, 5.74) is 9.22. The molecule has 0 aromatic heterocycles. The molecule has 0 fully saturated rings. The summed E-state index contributed by atoms with van der Waals surface area (Å²) < 4.78 is 0.638. The lowest BCUT2D eigenvalue weighted by Crippen LogP contribution is -2.39. The van der Waals surface area contributed by atoms with Crippen molar-refractivity contribution in [1.29, 1.82) is 0 Å². The highest BCUT2D eigenvalue weighted by Gasteiger charge is 2.28. The minimum Gasteiger partial charge on any atom is -0.398 e. The molecule has 0 spiro atoms. The van der Waals surface area contributed by atoms with Crippen LogP contribution in [0.5, 0.6) is 0 Å². The fourth-order valence-corrected chi connectivity index (χ4v) is 2.96. The van der Waals surface area contributed by atoms with Gasteiger partial charge in [-0.25, -0.2) is 0 Å².